The van der Waals surface area contributed by atoms with Crippen molar-refractivity contribution in [3.63, 3.8) is 0 Å². The van der Waals surface area contributed by atoms with Crippen LogP contribution in [-0.4, -0.2) is 18.2 Å². The number of benzene rings is 1. The Morgan fingerprint density at radius 1 is 1.19 bits per heavy atom. The highest BCUT2D eigenvalue weighted by Gasteiger charge is 2.32. The topological polar surface area (TPSA) is 35.5 Å². The minimum absolute atomic E-state index is 0.119. The number of hydrogen-bond acceptors (Lipinski definition) is 3. The minimum Gasteiger partial charge on any atom is -0.487 e. The Morgan fingerprint density at radius 2 is 1.86 bits per heavy atom. The molecule has 3 heteroatoms. The SMILES string of the molecule is CCC(=O)OC(C1CCCCC1)C(C)Oc1ccccc1. The summed E-state index contributed by atoms with van der Waals surface area (Å²) in [6, 6.07) is 9.75. The van der Waals surface area contributed by atoms with Gasteiger partial charge in [-0.3, -0.25) is 4.79 Å². The molecule has 1 fully saturated rings. The molecule has 0 radical (unpaired) electrons. The van der Waals surface area contributed by atoms with Crippen LogP contribution in [0.2, 0.25) is 0 Å². The zero-order valence-corrected chi connectivity index (χ0v) is 13.1. The smallest absolute Gasteiger partial charge is 0.305 e. The van der Waals surface area contributed by atoms with Gasteiger partial charge in [0.15, 0.2) is 0 Å². The molecule has 1 aromatic rings. The van der Waals surface area contributed by atoms with Gasteiger partial charge in [0.05, 0.1) is 0 Å². The van der Waals surface area contributed by atoms with Crippen molar-refractivity contribution in [3.05, 3.63) is 30.3 Å². The van der Waals surface area contributed by atoms with Gasteiger partial charge in [0.1, 0.15) is 18.0 Å². The molecule has 1 saturated carbocycles. The molecule has 1 aliphatic rings. The van der Waals surface area contributed by atoms with Gasteiger partial charge in [0.2, 0.25) is 0 Å². The van der Waals surface area contributed by atoms with E-state index in [4.69, 9.17) is 9.47 Å². The molecule has 21 heavy (non-hydrogen) atoms. The maximum absolute atomic E-state index is 11.7. The fourth-order valence-electron chi connectivity index (χ4n) is 3.05. The van der Waals surface area contributed by atoms with Crippen molar-refractivity contribution in [1.82, 2.24) is 0 Å². The van der Waals surface area contributed by atoms with Crippen LogP contribution in [0.25, 0.3) is 0 Å². The zero-order valence-electron chi connectivity index (χ0n) is 13.1. The maximum atomic E-state index is 11.7. The normalized spacial score (nSPS) is 18.8. The highest BCUT2D eigenvalue weighted by atomic mass is 16.6. The molecular weight excluding hydrogens is 264 g/mol. The summed E-state index contributed by atoms with van der Waals surface area (Å²) in [5.74, 6) is 1.13. The van der Waals surface area contributed by atoms with Gasteiger partial charge < -0.3 is 9.47 Å². The van der Waals surface area contributed by atoms with Gasteiger partial charge in [-0.25, -0.2) is 0 Å². The first-order chi connectivity index (χ1) is 10.2. The van der Waals surface area contributed by atoms with E-state index in [0.717, 1.165) is 18.6 Å². The predicted octanol–water partition coefficient (Wildman–Crippen LogP) is 4.36. The van der Waals surface area contributed by atoms with Crippen molar-refractivity contribution in [2.75, 3.05) is 0 Å². The molecular formula is C18H26O3. The first-order valence-corrected chi connectivity index (χ1v) is 8.12. The van der Waals surface area contributed by atoms with Crippen molar-refractivity contribution in [1.29, 1.82) is 0 Å². The maximum Gasteiger partial charge on any atom is 0.305 e. The molecule has 2 atom stereocenters. The second kappa shape index (κ2) is 8.06. The van der Waals surface area contributed by atoms with Crippen LogP contribution in [-0.2, 0) is 9.53 Å². The summed E-state index contributed by atoms with van der Waals surface area (Å²) < 4.78 is 11.7. The lowest BCUT2D eigenvalue weighted by Crippen LogP contribution is -2.40. The summed E-state index contributed by atoms with van der Waals surface area (Å²) in [7, 11) is 0. The van der Waals surface area contributed by atoms with Crippen LogP contribution in [0.15, 0.2) is 30.3 Å². The van der Waals surface area contributed by atoms with Crippen molar-refractivity contribution >= 4 is 5.97 Å². The fourth-order valence-corrected chi connectivity index (χ4v) is 3.05. The molecule has 1 aliphatic carbocycles. The van der Waals surface area contributed by atoms with E-state index in [2.05, 4.69) is 0 Å². The molecule has 0 bridgehead atoms. The first kappa shape index (κ1) is 15.9. The minimum atomic E-state index is -0.141. The number of esters is 1. The molecule has 2 rings (SSSR count). The zero-order chi connectivity index (χ0) is 15.1. The number of rotatable bonds is 6. The standard InChI is InChI=1S/C18H26O3/c1-3-17(19)21-18(15-10-6-4-7-11-15)14(2)20-16-12-8-5-9-13-16/h5,8-9,12-15,18H,3-4,6-7,10-11H2,1-2H3. The summed E-state index contributed by atoms with van der Waals surface area (Å²) in [6.07, 6.45) is 6.16. The fraction of sp³-hybridized carbons (Fsp3) is 0.611. The van der Waals surface area contributed by atoms with E-state index >= 15 is 0 Å². The van der Waals surface area contributed by atoms with E-state index in [1.807, 2.05) is 44.2 Å². The van der Waals surface area contributed by atoms with Crippen molar-refractivity contribution in [2.24, 2.45) is 5.92 Å². The van der Waals surface area contributed by atoms with Crippen LogP contribution in [0.3, 0.4) is 0 Å². The Bertz CT molecular complexity index is 423. The third kappa shape index (κ3) is 4.76. The summed E-state index contributed by atoms with van der Waals surface area (Å²) in [4.78, 5) is 11.7. The molecule has 0 aliphatic heterocycles. The summed E-state index contributed by atoms with van der Waals surface area (Å²) >= 11 is 0. The van der Waals surface area contributed by atoms with Gasteiger partial charge in [-0.15, -0.1) is 0 Å². The van der Waals surface area contributed by atoms with Gasteiger partial charge in [0.25, 0.3) is 0 Å². The molecule has 3 nitrogen and oxygen atoms in total. The average Bonchev–Trinajstić information content (AvgIpc) is 2.54. The number of hydrogen-bond donors (Lipinski definition) is 0. The Labute approximate surface area is 127 Å². The number of carbonyl (C=O) groups excluding carboxylic acids is 1. The summed E-state index contributed by atoms with van der Waals surface area (Å²) in [6.45, 7) is 3.85. The monoisotopic (exact) mass is 290 g/mol. The lowest BCUT2D eigenvalue weighted by atomic mass is 9.83. The van der Waals surface area contributed by atoms with Crippen molar-refractivity contribution < 1.29 is 14.3 Å². The predicted molar refractivity (Wildman–Crippen MR) is 83.3 cm³/mol. The largest absolute Gasteiger partial charge is 0.487 e. The molecule has 2 unspecified atom stereocenters. The highest BCUT2D eigenvalue weighted by Crippen LogP contribution is 2.31. The lowest BCUT2D eigenvalue weighted by Gasteiger charge is -2.33. The third-order valence-corrected chi connectivity index (χ3v) is 4.20. The van der Waals surface area contributed by atoms with Gasteiger partial charge >= 0.3 is 5.97 Å². The van der Waals surface area contributed by atoms with Crippen LogP contribution in [0, 0.1) is 5.92 Å². The molecule has 0 N–H and O–H groups in total. The van der Waals surface area contributed by atoms with Crippen LogP contribution >= 0.6 is 0 Å². The Morgan fingerprint density at radius 3 is 2.48 bits per heavy atom. The number of ether oxygens (including phenoxy) is 2. The van der Waals surface area contributed by atoms with Gasteiger partial charge in [0, 0.05) is 6.42 Å². The first-order valence-electron chi connectivity index (χ1n) is 8.12. The van der Waals surface area contributed by atoms with Crippen LogP contribution in [0.1, 0.15) is 52.4 Å². The lowest BCUT2D eigenvalue weighted by molar-refractivity contribution is -0.158. The number of carbonyl (C=O) groups is 1. The van der Waals surface area contributed by atoms with E-state index in [1.165, 1.54) is 19.3 Å². The summed E-state index contributed by atoms with van der Waals surface area (Å²) in [5, 5.41) is 0. The van der Waals surface area contributed by atoms with E-state index in [-0.39, 0.29) is 18.2 Å². The van der Waals surface area contributed by atoms with E-state index in [9.17, 15) is 4.79 Å². The second-order valence-corrected chi connectivity index (χ2v) is 5.84. The van der Waals surface area contributed by atoms with Crippen LogP contribution in [0.5, 0.6) is 5.75 Å². The molecule has 116 valence electrons. The molecule has 0 heterocycles. The Balaban J connectivity index is 2.03. The van der Waals surface area contributed by atoms with Crippen LogP contribution in [0.4, 0.5) is 0 Å². The average molecular weight is 290 g/mol. The number of para-hydroxylation sites is 1. The van der Waals surface area contributed by atoms with Crippen molar-refractivity contribution in [2.45, 2.75) is 64.6 Å². The summed E-state index contributed by atoms with van der Waals surface area (Å²) in [5.41, 5.74) is 0. The highest BCUT2D eigenvalue weighted by molar-refractivity contribution is 5.69. The third-order valence-electron chi connectivity index (χ3n) is 4.20. The Hall–Kier alpha value is -1.51. The molecule has 0 saturated heterocycles. The molecule has 0 spiro atoms. The second-order valence-electron chi connectivity index (χ2n) is 5.84. The van der Waals surface area contributed by atoms with Crippen LogP contribution < -0.4 is 4.74 Å². The van der Waals surface area contributed by atoms with Gasteiger partial charge in [-0.1, -0.05) is 44.4 Å². The van der Waals surface area contributed by atoms with Gasteiger partial charge in [-0.05, 0) is 37.8 Å². The molecule has 0 aromatic heterocycles. The van der Waals surface area contributed by atoms with Gasteiger partial charge in [-0.2, -0.15) is 0 Å². The molecule has 1 aromatic carbocycles. The van der Waals surface area contributed by atoms with E-state index < -0.39 is 0 Å². The van der Waals surface area contributed by atoms with E-state index in [0.29, 0.717) is 12.3 Å². The Kier molecular flexibility index (Phi) is 6.09. The van der Waals surface area contributed by atoms with Crippen molar-refractivity contribution in [3.8, 4) is 5.75 Å². The quantitative estimate of drug-likeness (QED) is 0.730. The van der Waals surface area contributed by atoms with E-state index in [1.54, 1.807) is 0 Å². The molecule has 0 amide bonds.